The molecule has 2 atom stereocenters. The van der Waals surface area contributed by atoms with Crippen LogP contribution in [-0.4, -0.2) is 65.5 Å². The molecule has 1 aliphatic rings. The molecule has 170 valence electrons. The van der Waals surface area contributed by atoms with Crippen molar-refractivity contribution in [2.45, 2.75) is 24.4 Å². The summed E-state index contributed by atoms with van der Waals surface area (Å²) in [6.45, 7) is -0.646. The van der Waals surface area contributed by atoms with E-state index in [1.807, 2.05) is 54.8 Å². The van der Waals surface area contributed by atoms with Gasteiger partial charge in [-0.15, -0.1) is 0 Å². The molecular weight excluding hydrogens is 432 g/mol. The maximum absolute atomic E-state index is 12.5. The van der Waals surface area contributed by atoms with Crippen LogP contribution in [0.4, 0.5) is 4.79 Å². The van der Waals surface area contributed by atoms with Crippen LogP contribution in [0.5, 0.6) is 0 Å². The first-order chi connectivity index (χ1) is 15.5. The van der Waals surface area contributed by atoms with Gasteiger partial charge in [0.25, 0.3) is 0 Å². The molecule has 1 aliphatic carbocycles. The largest absolute Gasteiger partial charge is 0.480 e. The second-order valence-electron chi connectivity index (χ2n) is 7.39. The highest BCUT2D eigenvalue weighted by Gasteiger charge is 2.30. The molecule has 2 aromatic rings. The van der Waals surface area contributed by atoms with Crippen molar-refractivity contribution >= 4 is 29.7 Å². The normalized spacial score (nSPS) is 14.1. The quantitative estimate of drug-likeness (QED) is 0.430. The molecule has 2 aromatic carbocycles. The van der Waals surface area contributed by atoms with E-state index in [-0.39, 0.29) is 18.9 Å². The minimum Gasteiger partial charge on any atom is -0.480 e. The number of aliphatic hydroxyl groups is 1. The fourth-order valence-electron chi connectivity index (χ4n) is 3.74. The van der Waals surface area contributed by atoms with Gasteiger partial charge in [-0.25, -0.2) is 9.59 Å². The zero-order valence-corrected chi connectivity index (χ0v) is 18.4. The highest BCUT2D eigenvalue weighted by molar-refractivity contribution is 7.98. The van der Waals surface area contributed by atoms with Crippen molar-refractivity contribution in [2.24, 2.45) is 0 Å². The Hall–Kier alpha value is -3.04. The predicted molar refractivity (Wildman–Crippen MR) is 122 cm³/mol. The standard InChI is InChI=1S/C23H26N2O6S/c1-32-11-10-19(21(27)24-20(12-26)22(28)29)25-23(30)31-13-18-16-8-4-2-6-14(16)15-7-3-5-9-17(15)18/h2-9,18-20,26H,10-13H2,1H3,(H,24,27)(H,25,30)(H,28,29)/t19-,20-/m1/s1. The molecule has 0 aromatic heterocycles. The highest BCUT2D eigenvalue weighted by atomic mass is 32.2. The third kappa shape index (κ3) is 5.41. The van der Waals surface area contributed by atoms with E-state index in [1.54, 1.807) is 0 Å². The zero-order chi connectivity index (χ0) is 23.1. The Balaban J connectivity index is 1.65. The summed E-state index contributed by atoms with van der Waals surface area (Å²) in [5.41, 5.74) is 4.37. The first-order valence-corrected chi connectivity index (χ1v) is 11.6. The number of alkyl carbamates (subject to hydrolysis) is 1. The predicted octanol–water partition coefficient (Wildman–Crippen LogP) is 2.21. The van der Waals surface area contributed by atoms with Crippen molar-refractivity contribution in [3.05, 3.63) is 59.7 Å². The lowest BCUT2D eigenvalue weighted by molar-refractivity contribution is -0.143. The van der Waals surface area contributed by atoms with Gasteiger partial charge in [0.2, 0.25) is 5.91 Å². The fourth-order valence-corrected chi connectivity index (χ4v) is 4.22. The third-order valence-electron chi connectivity index (χ3n) is 5.36. The zero-order valence-electron chi connectivity index (χ0n) is 17.6. The summed E-state index contributed by atoms with van der Waals surface area (Å²) in [6, 6.07) is 13.5. The van der Waals surface area contributed by atoms with Crippen LogP contribution in [-0.2, 0) is 14.3 Å². The van der Waals surface area contributed by atoms with Gasteiger partial charge in [-0.05, 0) is 40.7 Å². The molecule has 8 nitrogen and oxygen atoms in total. The smallest absolute Gasteiger partial charge is 0.407 e. The van der Waals surface area contributed by atoms with Gasteiger partial charge >= 0.3 is 12.1 Å². The minimum absolute atomic E-state index is 0.102. The van der Waals surface area contributed by atoms with E-state index in [0.29, 0.717) is 5.75 Å². The number of aliphatic carboxylic acids is 1. The van der Waals surface area contributed by atoms with Crippen LogP contribution in [0.3, 0.4) is 0 Å². The number of carbonyl (C=O) groups is 3. The topological polar surface area (TPSA) is 125 Å². The summed E-state index contributed by atoms with van der Waals surface area (Å²) in [6.07, 6.45) is 1.38. The molecule has 0 spiro atoms. The van der Waals surface area contributed by atoms with Crippen molar-refractivity contribution in [2.75, 3.05) is 25.2 Å². The first kappa shape index (κ1) is 23.6. The molecule has 4 N–H and O–H groups in total. The van der Waals surface area contributed by atoms with Gasteiger partial charge in [0.15, 0.2) is 0 Å². The second-order valence-corrected chi connectivity index (χ2v) is 8.37. The molecule has 32 heavy (non-hydrogen) atoms. The molecule has 0 aliphatic heterocycles. The van der Waals surface area contributed by atoms with E-state index >= 15 is 0 Å². The summed E-state index contributed by atoms with van der Waals surface area (Å²) in [7, 11) is 0. The molecule has 9 heteroatoms. The van der Waals surface area contributed by atoms with Crippen molar-refractivity contribution in [1.29, 1.82) is 0 Å². The van der Waals surface area contributed by atoms with Crippen LogP contribution in [0.1, 0.15) is 23.5 Å². The number of benzene rings is 2. The Morgan fingerprint density at radius 1 is 1.00 bits per heavy atom. The Bertz CT molecular complexity index is 937. The van der Waals surface area contributed by atoms with E-state index in [2.05, 4.69) is 10.6 Å². The molecule has 0 saturated carbocycles. The first-order valence-electron chi connectivity index (χ1n) is 10.2. The van der Waals surface area contributed by atoms with Crippen molar-refractivity contribution in [3.8, 4) is 11.1 Å². The number of hydrogen-bond acceptors (Lipinski definition) is 6. The fraction of sp³-hybridized carbons (Fsp3) is 0.348. The van der Waals surface area contributed by atoms with Crippen molar-refractivity contribution in [3.63, 3.8) is 0 Å². The van der Waals surface area contributed by atoms with E-state index in [4.69, 9.17) is 14.9 Å². The van der Waals surface area contributed by atoms with E-state index in [1.165, 1.54) is 11.8 Å². The number of carboxylic acid groups (broad SMARTS) is 1. The van der Waals surface area contributed by atoms with Gasteiger partial charge in [-0.1, -0.05) is 48.5 Å². The summed E-state index contributed by atoms with van der Waals surface area (Å²) >= 11 is 1.49. The van der Waals surface area contributed by atoms with Crippen LogP contribution >= 0.6 is 11.8 Å². The summed E-state index contributed by atoms with van der Waals surface area (Å²) in [5, 5.41) is 22.9. The van der Waals surface area contributed by atoms with Crippen LogP contribution in [0.2, 0.25) is 0 Å². The third-order valence-corrected chi connectivity index (χ3v) is 6.00. The van der Waals surface area contributed by atoms with Crippen LogP contribution in [0.15, 0.2) is 48.5 Å². The number of ether oxygens (including phenoxy) is 1. The summed E-state index contributed by atoms with van der Waals surface area (Å²) < 4.78 is 5.48. The lowest BCUT2D eigenvalue weighted by Gasteiger charge is -2.21. The van der Waals surface area contributed by atoms with E-state index in [0.717, 1.165) is 22.3 Å². The monoisotopic (exact) mass is 458 g/mol. The number of thioether (sulfide) groups is 1. The Morgan fingerprint density at radius 2 is 1.59 bits per heavy atom. The Labute approximate surface area is 190 Å². The van der Waals surface area contributed by atoms with Gasteiger partial charge in [0, 0.05) is 5.92 Å². The maximum atomic E-state index is 12.5. The number of rotatable bonds is 10. The number of hydrogen-bond donors (Lipinski definition) is 4. The second kappa shape index (κ2) is 11.0. The van der Waals surface area contributed by atoms with E-state index < -0.39 is 36.7 Å². The molecule has 0 radical (unpaired) electrons. The number of fused-ring (bicyclic) bond motifs is 3. The highest BCUT2D eigenvalue weighted by Crippen LogP contribution is 2.44. The number of nitrogens with one attached hydrogen (secondary N) is 2. The maximum Gasteiger partial charge on any atom is 0.407 e. The van der Waals surface area contributed by atoms with Crippen molar-refractivity contribution in [1.82, 2.24) is 10.6 Å². The summed E-state index contributed by atoms with van der Waals surface area (Å²) in [4.78, 5) is 36.1. The SMILES string of the molecule is CSCC[C@@H](NC(=O)OCC1c2ccccc2-c2ccccc21)C(=O)N[C@H](CO)C(=O)O. The van der Waals surface area contributed by atoms with Crippen LogP contribution < -0.4 is 10.6 Å². The van der Waals surface area contributed by atoms with Crippen LogP contribution in [0.25, 0.3) is 11.1 Å². The molecule has 0 bridgehead atoms. The molecule has 0 heterocycles. The number of carboxylic acids is 1. The van der Waals surface area contributed by atoms with Gasteiger partial charge < -0.3 is 25.6 Å². The molecule has 2 amide bonds. The van der Waals surface area contributed by atoms with Gasteiger partial charge in [-0.3, -0.25) is 4.79 Å². The molecule has 3 rings (SSSR count). The molecule has 0 saturated heterocycles. The number of carbonyl (C=O) groups excluding carboxylic acids is 2. The van der Waals surface area contributed by atoms with Crippen LogP contribution in [0, 0.1) is 0 Å². The molecular formula is C23H26N2O6S. The van der Waals surface area contributed by atoms with E-state index in [9.17, 15) is 14.4 Å². The average molecular weight is 459 g/mol. The van der Waals surface area contributed by atoms with Gasteiger partial charge in [-0.2, -0.15) is 11.8 Å². The lowest BCUT2D eigenvalue weighted by Crippen LogP contribution is -2.53. The Morgan fingerprint density at radius 3 is 2.12 bits per heavy atom. The number of aliphatic hydroxyl groups excluding tert-OH is 1. The molecule has 0 unspecified atom stereocenters. The lowest BCUT2D eigenvalue weighted by atomic mass is 9.98. The Kier molecular flexibility index (Phi) is 8.13. The summed E-state index contributed by atoms with van der Waals surface area (Å²) in [5.74, 6) is -1.59. The number of amides is 2. The molecule has 0 fully saturated rings. The minimum atomic E-state index is -1.44. The van der Waals surface area contributed by atoms with Gasteiger partial charge in [0.05, 0.1) is 6.61 Å². The van der Waals surface area contributed by atoms with Gasteiger partial charge in [0.1, 0.15) is 18.7 Å². The average Bonchev–Trinajstić information content (AvgIpc) is 3.12. The van der Waals surface area contributed by atoms with Crippen molar-refractivity contribution < 1.29 is 29.3 Å².